The van der Waals surface area contributed by atoms with E-state index < -0.39 is 58.5 Å². The number of ether oxygens (including phenoxy) is 3. The Labute approximate surface area is 281 Å². The van der Waals surface area contributed by atoms with E-state index in [1.165, 1.54) is 28.6 Å². The molecule has 2 N–H and O–H groups in total. The highest BCUT2D eigenvalue weighted by Gasteiger charge is 2.40. The van der Waals surface area contributed by atoms with Gasteiger partial charge in [0.05, 0.1) is 29.3 Å². The van der Waals surface area contributed by atoms with Gasteiger partial charge in [0.15, 0.2) is 12.0 Å². The van der Waals surface area contributed by atoms with Gasteiger partial charge >= 0.3 is 12.5 Å². The number of hydrogen-bond donors (Lipinski definition) is 2. The minimum absolute atomic E-state index is 0.00203. The van der Waals surface area contributed by atoms with E-state index in [0.717, 1.165) is 22.6 Å². The molecule has 0 radical (unpaired) electrons. The number of benzene rings is 2. The van der Waals surface area contributed by atoms with Gasteiger partial charge in [-0.05, 0) is 42.2 Å². The number of halogens is 3. The van der Waals surface area contributed by atoms with Gasteiger partial charge in [-0.25, -0.2) is 18.2 Å². The lowest BCUT2D eigenvalue weighted by molar-refractivity contribution is -0.274. The van der Waals surface area contributed by atoms with E-state index >= 15 is 0 Å². The van der Waals surface area contributed by atoms with E-state index in [2.05, 4.69) is 15.0 Å². The fourth-order valence-electron chi connectivity index (χ4n) is 5.70. The largest absolute Gasteiger partial charge is 0.573 e. The number of hydrogen-bond acceptors (Lipinski definition) is 9. The highest BCUT2D eigenvalue weighted by atomic mass is 32.2. The number of cyclic esters (lactones) is 1. The van der Waals surface area contributed by atoms with Crippen molar-refractivity contribution in [2.24, 2.45) is 10.9 Å². The second kappa shape index (κ2) is 14.6. The first-order chi connectivity index (χ1) is 23.1. The summed E-state index contributed by atoms with van der Waals surface area (Å²) >= 11 is 0. The van der Waals surface area contributed by atoms with Crippen molar-refractivity contribution >= 4 is 33.6 Å². The molecule has 1 fully saturated rings. The van der Waals surface area contributed by atoms with Crippen molar-refractivity contribution in [3.05, 3.63) is 83.3 Å². The minimum Gasteiger partial charge on any atom is -0.471 e. The fourth-order valence-corrected chi connectivity index (χ4v) is 7.40. The van der Waals surface area contributed by atoms with Crippen molar-refractivity contribution < 1.29 is 50.5 Å². The van der Waals surface area contributed by atoms with Gasteiger partial charge in [-0.15, -0.1) is 13.2 Å². The lowest BCUT2D eigenvalue weighted by Crippen LogP contribution is -2.53. The predicted molar refractivity (Wildman–Crippen MR) is 173 cm³/mol. The van der Waals surface area contributed by atoms with Gasteiger partial charge < -0.3 is 24.6 Å². The maximum absolute atomic E-state index is 13.9. The molecule has 5 atom stereocenters. The average molecular weight is 707 g/mol. The number of anilines is 1. The maximum Gasteiger partial charge on any atom is 0.573 e. The quantitative estimate of drug-likeness (QED) is 0.319. The highest BCUT2D eigenvalue weighted by molar-refractivity contribution is 7.93. The Kier molecular flexibility index (Phi) is 10.7. The molecule has 12 nitrogen and oxygen atoms in total. The molecule has 1 aliphatic carbocycles. The molecule has 0 saturated carbocycles. The standard InChI is InChI=1S/C33H37F3N4O8S/c1-20(2)17-39(49(44,45)25-12-13-26-29(16-25)46-21(3)37-26)18-28(41)27(14-22-8-5-4-6-9-22)38-31(42)30-19-40(32(43)47-30)23-10-7-11-24(15-23)48-33(34,35)36/h4-13,15-16,20,26-30,41H,14,17-19H2,1-3H3,(H,38,42)/t26?,27-,28+,29?,30-/m0/s1. The molecular formula is C33H37F3N4O8S. The van der Waals surface area contributed by atoms with Gasteiger partial charge in [-0.1, -0.05) is 56.3 Å². The number of aliphatic hydroxyl groups is 1. The minimum atomic E-state index is -4.95. The molecular weight excluding hydrogens is 669 g/mol. The van der Waals surface area contributed by atoms with Crippen LogP contribution in [-0.4, -0.2) is 92.1 Å². The Bertz CT molecular complexity index is 1730. The number of sulfonamides is 1. The Balaban J connectivity index is 1.33. The van der Waals surface area contributed by atoms with Crippen LogP contribution in [-0.2, 0) is 30.7 Å². The van der Waals surface area contributed by atoms with E-state index in [0.29, 0.717) is 5.90 Å². The molecule has 2 aliphatic heterocycles. The van der Waals surface area contributed by atoms with Crippen LogP contribution in [0.4, 0.5) is 23.7 Å². The molecule has 1 saturated heterocycles. The summed E-state index contributed by atoms with van der Waals surface area (Å²) in [4.78, 5) is 31.5. The first kappa shape index (κ1) is 35.9. The van der Waals surface area contributed by atoms with E-state index in [4.69, 9.17) is 9.47 Å². The fraction of sp³-hybridized carbons (Fsp3) is 0.424. The van der Waals surface area contributed by atoms with Crippen LogP contribution >= 0.6 is 0 Å². The van der Waals surface area contributed by atoms with Crippen LogP contribution in [0.15, 0.2) is 82.7 Å². The number of nitrogens with zero attached hydrogens (tertiary/aromatic N) is 3. The third kappa shape index (κ3) is 8.99. The molecule has 2 heterocycles. The zero-order chi connectivity index (χ0) is 35.5. The van der Waals surface area contributed by atoms with Gasteiger partial charge in [0.25, 0.3) is 5.91 Å². The molecule has 0 spiro atoms. The number of aliphatic imine (C=N–C) groups is 1. The van der Waals surface area contributed by atoms with E-state index in [9.17, 15) is 36.3 Å². The van der Waals surface area contributed by atoms with Crippen LogP contribution in [0.3, 0.4) is 0 Å². The third-order valence-corrected chi connectivity index (χ3v) is 9.76. The number of allylic oxidation sites excluding steroid dienone is 1. The number of rotatable bonds is 13. The molecule has 2 aromatic carbocycles. The summed E-state index contributed by atoms with van der Waals surface area (Å²) in [5.41, 5.74) is 0.744. The molecule has 2 unspecified atom stereocenters. The summed E-state index contributed by atoms with van der Waals surface area (Å²) in [6, 6.07) is 12.2. The number of nitrogens with one attached hydrogen (secondary N) is 1. The third-order valence-electron chi connectivity index (χ3n) is 7.92. The average Bonchev–Trinajstić information content (AvgIpc) is 3.61. The van der Waals surface area contributed by atoms with Gasteiger partial charge in [-0.3, -0.25) is 9.69 Å². The van der Waals surface area contributed by atoms with E-state index in [-0.39, 0.29) is 48.6 Å². The molecule has 5 rings (SSSR count). The second-order valence-electron chi connectivity index (χ2n) is 12.3. The van der Waals surface area contributed by atoms with Gasteiger partial charge in [0.2, 0.25) is 10.0 Å². The smallest absolute Gasteiger partial charge is 0.471 e. The molecule has 2 aromatic rings. The number of carbonyl (C=O) groups excluding carboxylic acids is 2. The number of carbonyl (C=O) groups is 2. The topological polar surface area (TPSA) is 147 Å². The lowest BCUT2D eigenvalue weighted by atomic mass is 10.0. The Morgan fingerprint density at radius 1 is 1.14 bits per heavy atom. The van der Waals surface area contributed by atoms with Gasteiger partial charge in [0.1, 0.15) is 17.9 Å². The number of amides is 2. The number of fused-ring (bicyclic) bond motifs is 1. The molecule has 2 amide bonds. The maximum atomic E-state index is 13.9. The molecule has 0 aromatic heterocycles. The highest BCUT2D eigenvalue weighted by Crippen LogP contribution is 2.30. The van der Waals surface area contributed by atoms with Crippen molar-refractivity contribution in [3.63, 3.8) is 0 Å². The predicted octanol–water partition coefficient (Wildman–Crippen LogP) is 3.93. The Morgan fingerprint density at radius 2 is 1.88 bits per heavy atom. The van der Waals surface area contributed by atoms with Gasteiger partial charge in [0, 0.05) is 26.1 Å². The van der Waals surface area contributed by atoms with Crippen molar-refractivity contribution in [2.75, 3.05) is 24.5 Å². The zero-order valence-corrected chi connectivity index (χ0v) is 27.7. The van der Waals surface area contributed by atoms with Gasteiger partial charge in [-0.2, -0.15) is 4.31 Å². The van der Waals surface area contributed by atoms with Crippen molar-refractivity contribution in [1.29, 1.82) is 0 Å². The summed E-state index contributed by atoms with van der Waals surface area (Å²) in [6.07, 6.45) is -4.58. The molecule has 0 bridgehead atoms. The van der Waals surface area contributed by atoms with Crippen LogP contribution in [0.5, 0.6) is 5.75 Å². The molecule has 49 heavy (non-hydrogen) atoms. The first-order valence-corrected chi connectivity index (χ1v) is 17.0. The van der Waals surface area contributed by atoms with Crippen molar-refractivity contribution in [3.8, 4) is 5.75 Å². The second-order valence-corrected chi connectivity index (χ2v) is 14.2. The summed E-state index contributed by atoms with van der Waals surface area (Å²) in [7, 11) is -4.13. The van der Waals surface area contributed by atoms with Crippen LogP contribution in [0.2, 0.25) is 0 Å². The Hall–Kier alpha value is -4.41. The first-order valence-electron chi connectivity index (χ1n) is 15.6. The van der Waals surface area contributed by atoms with Crippen LogP contribution in [0.1, 0.15) is 26.3 Å². The monoisotopic (exact) mass is 706 g/mol. The van der Waals surface area contributed by atoms with Crippen molar-refractivity contribution in [2.45, 2.75) is 63.9 Å². The number of alkyl halides is 3. The van der Waals surface area contributed by atoms with E-state index in [1.807, 2.05) is 13.8 Å². The van der Waals surface area contributed by atoms with E-state index in [1.54, 1.807) is 43.3 Å². The zero-order valence-electron chi connectivity index (χ0n) is 26.9. The summed E-state index contributed by atoms with van der Waals surface area (Å²) < 4.78 is 82.1. The molecule has 264 valence electrons. The van der Waals surface area contributed by atoms with Crippen molar-refractivity contribution in [1.82, 2.24) is 9.62 Å². The summed E-state index contributed by atoms with van der Waals surface area (Å²) in [6.45, 7) is 4.70. The van der Waals surface area contributed by atoms with Crippen LogP contribution in [0.25, 0.3) is 0 Å². The summed E-state index contributed by atoms with van der Waals surface area (Å²) in [5.74, 6) is -1.02. The summed E-state index contributed by atoms with van der Waals surface area (Å²) in [5, 5.41) is 14.3. The number of aliphatic hydroxyl groups excluding tert-OH is 1. The molecule has 3 aliphatic rings. The lowest BCUT2D eigenvalue weighted by Gasteiger charge is -2.32. The van der Waals surface area contributed by atoms with Crippen LogP contribution in [0, 0.1) is 5.92 Å². The normalized spacial score (nSPS) is 21.9. The molecule has 16 heteroatoms. The Morgan fingerprint density at radius 3 is 2.57 bits per heavy atom. The SMILES string of the molecule is CC1=NC2C=CC(S(=O)(=O)N(CC(C)C)C[C@@H](O)[C@H](Cc3ccccc3)NC(=O)[C@@H]3CN(c4cccc(OC(F)(F)F)c4)C(=O)O3)=CC2O1. The van der Waals surface area contributed by atoms with Crippen LogP contribution < -0.4 is 15.0 Å².